The summed E-state index contributed by atoms with van der Waals surface area (Å²) < 4.78 is 13.2. The fourth-order valence-corrected chi connectivity index (χ4v) is 4.32. The quantitative estimate of drug-likeness (QED) is 0.628. The van der Waals surface area contributed by atoms with Crippen molar-refractivity contribution in [3.8, 4) is 11.1 Å². The molecule has 0 radical (unpaired) electrons. The van der Waals surface area contributed by atoms with Crippen molar-refractivity contribution in [1.29, 1.82) is 0 Å². The molecule has 4 rings (SSSR count). The van der Waals surface area contributed by atoms with Crippen molar-refractivity contribution in [1.82, 2.24) is 0 Å². The third-order valence-corrected chi connectivity index (χ3v) is 5.57. The topological polar surface area (TPSA) is 29.1 Å². The van der Waals surface area contributed by atoms with Crippen LogP contribution in [0, 0.1) is 5.82 Å². The standard InChI is InChI=1S/C19H13ClFNOS/c20-13-5-1-11(2-6-13)15-9-17(23)22-18-16(10-24-19(15)18)12-3-7-14(21)8-4-12/h1-8,10,15H,9H2,(H,22,23)/t15-/m0/s1. The number of anilines is 1. The van der Waals surface area contributed by atoms with Crippen LogP contribution < -0.4 is 5.32 Å². The van der Waals surface area contributed by atoms with Gasteiger partial charge in [0, 0.05) is 33.2 Å². The first-order valence-electron chi connectivity index (χ1n) is 7.54. The van der Waals surface area contributed by atoms with Crippen LogP contribution in [0.15, 0.2) is 53.9 Å². The molecule has 1 amide bonds. The predicted molar refractivity (Wildman–Crippen MR) is 96.3 cm³/mol. The van der Waals surface area contributed by atoms with Crippen molar-refractivity contribution >= 4 is 34.5 Å². The third-order valence-electron chi connectivity index (χ3n) is 4.22. The summed E-state index contributed by atoms with van der Waals surface area (Å²) in [5.74, 6) is -0.264. The summed E-state index contributed by atoms with van der Waals surface area (Å²) in [6.07, 6.45) is 0.415. The summed E-state index contributed by atoms with van der Waals surface area (Å²) >= 11 is 7.59. The Balaban J connectivity index is 1.80. The molecule has 5 heteroatoms. The summed E-state index contributed by atoms with van der Waals surface area (Å²) in [5.41, 5.74) is 3.73. The minimum Gasteiger partial charge on any atom is -0.325 e. The Morgan fingerprint density at radius 2 is 1.79 bits per heavy atom. The zero-order valence-electron chi connectivity index (χ0n) is 12.6. The SMILES string of the molecule is O=C1C[C@@H](c2ccc(Cl)cc2)c2scc(-c3ccc(F)cc3)c2N1. The number of hydrogen-bond donors (Lipinski definition) is 1. The molecule has 1 aromatic heterocycles. The lowest BCUT2D eigenvalue weighted by Gasteiger charge is -2.24. The van der Waals surface area contributed by atoms with Crippen molar-refractivity contribution in [2.75, 3.05) is 5.32 Å². The molecule has 1 atom stereocenters. The molecule has 0 unspecified atom stereocenters. The van der Waals surface area contributed by atoms with E-state index in [4.69, 9.17) is 11.6 Å². The molecule has 1 N–H and O–H groups in total. The van der Waals surface area contributed by atoms with Crippen LogP contribution in [0.4, 0.5) is 10.1 Å². The molecule has 24 heavy (non-hydrogen) atoms. The smallest absolute Gasteiger partial charge is 0.225 e. The molecule has 120 valence electrons. The van der Waals surface area contributed by atoms with Crippen molar-refractivity contribution in [3.05, 3.63) is 75.2 Å². The van der Waals surface area contributed by atoms with E-state index in [1.165, 1.54) is 12.1 Å². The van der Waals surface area contributed by atoms with Gasteiger partial charge in [0.1, 0.15) is 5.82 Å². The highest BCUT2D eigenvalue weighted by Crippen LogP contribution is 2.46. The Labute approximate surface area is 147 Å². The Bertz CT molecular complexity index is 902. The molecular formula is C19H13ClFNOS. The largest absolute Gasteiger partial charge is 0.325 e. The molecule has 1 aliphatic rings. The maximum atomic E-state index is 13.2. The van der Waals surface area contributed by atoms with Gasteiger partial charge in [0.15, 0.2) is 0 Å². The van der Waals surface area contributed by atoms with Gasteiger partial charge in [0.2, 0.25) is 5.91 Å². The number of carbonyl (C=O) groups excluding carboxylic acids is 1. The number of fused-ring (bicyclic) bond motifs is 1. The molecule has 2 heterocycles. The Kier molecular flexibility index (Phi) is 3.87. The van der Waals surface area contributed by atoms with Gasteiger partial charge in [0.25, 0.3) is 0 Å². The minimum absolute atomic E-state index is 0.00999. The van der Waals surface area contributed by atoms with E-state index in [2.05, 4.69) is 5.32 Å². The van der Waals surface area contributed by atoms with E-state index in [0.717, 1.165) is 27.3 Å². The average molecular weight is 358 g/mol. The van der Waals surface area contributed by atoms with Crippen LogP contribution >= 0.6 is 22.9 Å². The molecular weight excluding hydrogens is 345 g/mol. The second kappa shape index (κ2) is 6.04. The minimum atomic E-state index is -0.272. The van der Waals surface area contributed by atoms with E-state index in [1.54, 1.807) is 23.5 Å². The van der Waals surface area contributed by atoms with Crippen LogP contribution in [0.3, 0.4) is 0 Å². The first-order valence-corrected chi connectivity index (χ1v) is 8.80. The Hall–Kier alpha value is -2.17. The second-order valence-corrected chi connectivity index (χ2v) is 7.10. The molecule has 2 nitrogen and oxygen atoms in total. The fraction of sp³-hybridized carbons (Fsp3) is 0.105. The number of carbonyl (C=O) groups is 1. The van der Waals surface area contributed by atoms with Gasteiger partial charge < -0.3 is 5.32 Å². The number of hydrogen-bond acceptors (Lipinski definition) is 2. The molecule has 0 fully saturated rings. The van der Waals surface area contributed by atoms with Crippen molar-refractivity contribution in [2.24, 2.45) is 0 Å². The van der Waals surface area contributed by atoms with Crippen LogP contribution in [0.2, 0.25) is 5.02 Å². The number of rotatable bonds is 2. The lowest BCUT2D eigenvalue weighted by atomic mass is 9.89. The van der Waals surface area contributed by atoms with Crippen molar-refractivity contribution in [2.45, 2.75) is 12.3 Å². The molecule has 0 bridgehead atoms. The number of thiophene rings is 1. The van der Waals surface area contributed by atoms with E-state index < -0.39 is 0 Å². The summed E-state index contributed by atoms with van der Waals surface area (Å²) in [6, 6.07) is 13.9. The molecule has 0 spiro atoms. The Morgan fingerprint density at radius 3 is 2.50 bits per heavy atom. The van der Waals surface area contributed by atoms with Crippen molar-refractivity contribution < 1.29 is 9.18 Å². The van der Waals surface area contributed by atoms with Gasteiger partial charge in [-0.2, -0.15) is 0 Å². The van der Waals surface area contributed by atoms with Crippen LogP contribution in [-0.4, -0.2) is 5.91 Å². The fourth-order valence-electron chi connectivity index (χ4n) is 3.03. The zero-order chi connectivity index (χ0) is 16.7. The van der Waals surface area contributed by atoms with Crippen LogP contribution in [0.5, 0.6) is 0 Å². The monoisotopic (exact) mass is 357 g/mol. The molecule has 2 aromatic carbocycles. The summed E-state index contributed by atoms with van der Waals surface area (Å²) in [4.78, 5) is 13.3. The molecule has 0 saturated heterocycles. The van der Waals surface area contributed by atoms with E-state index >= 15 is 0 Å². The lowest BCUT2D eigenvalue weighted by molar-refractivity contribution is -0.116. The molecule has 3 aromatic rings. The van der Waals surface area contributed by atoms with Gasteiger partial charge in [-0.05, 0) is 35.4 Å². The van der Waals surface area contributed by atoms with Gasteiger partial charge in [0.05, 0.1) is 5.69 Å². The average Bonchev–Trinajstić information content (AvgIpc) is 2.99. The zero-order valence-corrected chi connectivity index (χ0v) is 14.1. The van der Waals surface area contributed by atoms with Gasteiger partial charge in [-0.3, -0.25) is 4.79 Å². The lowest BCUT2D eigenvalue weighted by Crippen LogP contribution is -2.22. The van der Waals surface area contributed by atoms with Gasteiger partial charge in [-0.15, -0.1) is 11.3 Å². The molecule has 1 aliphatic heterocycles. The third kappa shape index (κ3) is 2.72. The van der Waals surface area contributed by atoms with E-state index in [1.807, 2.05) is 29.6 Å². The number of amides is 1. The summed E-state index contributed by atoms with van der Waals surface area (Å²) in [5, 5.41) is 5.68. The molecule has 0 saturated carbocycles. The second-order valence-electron chi connectivity index (χ2n) is 5.75. The highest BCUT2D eigenvalue weighted by Gasteiger charge is 2.30. The highest BCUT2D eigenvalue weighted by molar-refractivity contribution is 7.11. The number of benzene rings is 2. The number of nitrogens with one attached hydrogen (secondary N) is 1. The van der Waals surface area contributed by atoms with E-state index in [0.29, 0.717) is 11.4 Å². The van der Waals surface area contributed by atoms with E-state index in [9.17, 15) is 9.18 Å². The predicted octanol–water partition coefficient (Wildman–Crippen LogP) is 5.68. The maximum Gasteiger partial charge on any atom is 0.225 e. The van der Waals surface area contributed by atoms with Gasteiger partial charge in [-0.25, -0.2) is 4.39 Å². The van der Waals surface area contributed by atoms with Crippen LogP contribution in [0.1, 0.15) is 22.8 Å². The molecule has 0 aliphatic carbocycles. The van der Waals surface area contributed by atoms with Gasteiger partial charge >= 0.3 is 0 Å². The first kappa shape index (κ1) is 15.4. The Morgan fingerprint density at radius 1 is 1.08 bits per heavy atom. The summed E-state index contributed by atoms with van der Waals surface area (Å²) in [6.45, 7) is 0. The highest BCUT2D eigenvalue weighted by atomic mass is 35.5. The first-order chi connectivity index (χ1) is 11.6. The van der Waals surface area contributed by atoms with Gasteiger partial charge in [-0.1, -0.05) is 35.9 Å². The van der Waals surface area contributed by atoms with Crippen LogP contribution in [0.25, 0.3) is 11.1 Å². The maximum absolute atomic E-state index is 13.2. The van der Waals surface area contributed by atoms with Crippen molar-refractivity contribution in [3.63, 3.8) is 0 Å². The van der Waals surface area contributed by atoms with Crippen LogP contribution in [-0.2, 0) is 4.79 Å². The number of halogens is 2. The van der Waals surface area contributed by atoms with E-state index in [-0.39, 0.29) is 17.6 Å². The summed E-state index contributed by atoms with van der Waals surface area (Å²) in [7, 11) is 0. The normalized spacial score (nSPS) is 16.6.